The zero-order valence-corrected chi connectivity index (χ0v) is 12.8. The van der Waals surface area contributed by atoms with Crippen molar-refractivity contribution in [2.24, 2.45) is 5.73 Å². The van der Waals surface area contributed by atoms with Gasteiger partial charge < -0.3 is 11.1 Å². The summed E-state index contributed by atoms with van der Waals surface area (Å²) in [6.45, 7) is 2.00. The summed E-state index contributed by atoms with van der Waals surface area (Å²) in [6, 6.07) is 4.99. The number of amides is 1. The lowest BCUT2D eigenvalue weighted by atomic mass is 10.1. The molecular weight excluding hydrogens is 291 g/mol. The Kier molecular flexibility index (Phi) is 8.44. The van der Waals surface area contributed by atoms with Crippen molar-refractivity contribution in [1.82, 2.24) is 0 Å². The molecule has 0 aliphatic heterocycles. The van der Waals surface area contributed by atoms with Gasteiger partial charge in [-0.15, -0.1) is 24.2 Å². The molecule has 6 heteroatoms. The maximum Gasteiger partial charge on any atom is 0.241 e. The Balaban J connectivity index is 0.00000289. The van der Waals surface area contributed by atoms with Crippen molar-refractivity contribution in [1.29, 1.82) is 0 Å². The van der Waals surface area contributed by atoms with Gasteiger partial charge in [-0.3, -0.25) is 4.79 Å². The van der Waals surface area contributed by atoms with Crippen molar-refractivity contribution in [3.8, 4) is 0 Å². The zero-order valence-electron chi connectivity index (χ0n) is 10.4. The lowest BCUT2D eigenvalue weighted by Gasteiger charge is -2.12. The molecule has 0 aliphatic carbocycles. The van der Waals surface area contributed by atoms with Crippen LogP contribution in [0.15, 0.2) is 23.1 Å². The van der Waals surface area contributed by atoms with Crippen molar-refractivity contribution < 1.29 is 4.79 Å². The second-order valence-corrected chi connectivity index (χ2v) is 4.99. The minimum Gasteiger partial charge on any atom is -0.325 e. The fourth-order valence-electron chi connectivity index (χ4n) is 1.42. The third kappa shape index (κ3) is 5.06. The highest BCUT2D eigenvalue weighted by molar-refractivity contribution is 7.98. The average molecular weight is 309 g/mol. The summed E-state index contributed by atoms with van der Waals surface area (Å²) in [5, 5.41) is 3.40. The summed E-state index contributed by atoms with van der Waals surface area (Å²) in [7, 11) is 0. The van der Waals surface area contributed by atoms with E-state index in [4.69, 9.17) is 17.3 Å². The summed E-state index contributed by atoms with van der Waals surface area (Å²) in [5.74, 6) is -0.167. The highest BCUT2D eigenvalue weighted by atomic mass is 35.5. The molecule has 0 heterocycles. The molecule has 0 spiro atoms. The third-order valence-electron chi connectivity index (χ3n) is 2.36. The second kappa shape index (κ2) is 8.64. The smallest absolute Gasteiger partial charge is 0.241 e. The number of halogens is 2. The molecule has 0 bridgehead atoms. The summed E-state index contributed by atoms with van der Waals surface area (Å²) < 4.78 is 0. The van der Waals surface area contributed by atoms with E-state index in [1.54, 1.807) is 17.8 Å². The zero-order chi connectivity index (χ0) is 12.8. The van der Waals surface area contributed by atoms with Crippen LogP contribution in [0.2, 0.25) is 5.02 Å². The summed E-state index contributed by atoms with van der Waals surface area (Å²) in [5.41, 5.74) is 6.41. The van der Waals surface area contributed by atoms with Crippen LogP contribution in [-0.2, 0) is 4.79 Å². The second-order valence-electron chi connectivity index (χ2n) is 3.73. The van der Waals surface area contributed by atoms with Crippen LogP contribution in [0.25, 0.3) is 0 Å². The van der Waals surface area contributed by atoms with Crippen molar-refractivity contribution in [2.75, 3.05) is 11.6 Å². The van der Waals surface area contributed by atoms with Gasteiger partial charge in [0.1, 0.15) is 0 Å². The molecule has 0 fully saturated rings. The minimum absolute atomic E-state index is 0. The number of nitrogens with two attached hydrogens (primary N) is 1. The van der Waals surface area contributed by atoms with Gasteiger partial charge in [0.25, 0.3) is 0 Å². The topological polar surface area (TPSA) is 55.1 Å². The van der Waals surface area contributed by atoms with E-state index >= 15 is 0 Å². The summed E-state index contributed by atoms with van der Waals surface area (Å²) >= 11 is 7.62. The van der Waals surface area contributed by atoms with E-state index in [1.165, 1.54) is 0 Å². The van der Waals surface area contributed by atoms with E-state index < -0.39 is 6.04 Å². The number of carbonyl (C=O) groups is 1. The predicted molar refractivity (Wildman–Crippen MR) is 82.0 cm³/mol. The van der Waals surface area contributed by atoms with Crippen LogP contribution in [0.4, 0.5) is 5.69 Å². The minimum atomic E-state index is -0.459. The first-order valence-corrected chi connectivity index (χ1v) is 7.08. The van der Waals surface area contributed by atoms with E-state index in [2.05, 4.69) is 5.32 Å². The molecule has 0 saturated carbocycles. The van der Waals surface area contributed by atoms with Gasteiger partial charge in [0, 0.05) is 10.6 Å². The van der Waals surface area contributed by atoms with E-state index in [0.29, 0.717) is 17.1 Å². The number of benzene rings is 1. The van der Waals surface area contributed by atoms with Crippen LogP contribution in [0.5, 0.6) is 0 Å². The van der Waals surface area contributed by atoms with Gasteiger partial charge in [-0.1, -0.05) is 24.9 Å². The standard InChI is InChI=1S/C12H17ClN2OS.ClH/c1-3-4-10(14)12(16)15-8-5-6-11(17-2)9(13)7-8;/h5-7,10H,3-4,14H2,1-2H3,(H,15,16);1H. The number of thioether (sulfide) groups is 1. The van der Waals surface area contributed by atoms with Gasteiger partial charge in [-0.2, -0.15) is 0 Å². The largest absolute Gasteiger partial charge is 0.325 e. The van der Waals surface area contributed by atoms with Gasteiger partial charge in [-0.05, 0) is 30.9 Å². The lowest BCUT2D eigenvalue weighted by molar-refractivity contribution is -0.117. The molecule has 0 radical (unpaired) electrons. The fourth-order valence-corrected chi connectivity index (χ4v) is 2.29. The summed E-state index contributed by atoms with van der Waals surface area (Å²) in [6.07, 6.45) is 3.53. The van der Waals surface area contributed by atoms with Crippen LogP contribution in [0.3, 0.4) is 0 Å². The Morgan fingerprint density at radius 3 is 2.72 bits per heavy atom. The molecule has 1 unspecified atom stereocenters. The van der Waals surface area contributed by atoms with Gasteiger partial charge in [-0.25, -0.2) is 0 Å². The van der Waals surface area contributed by atoms with Crippen LogP contribution in [0, 0.1) is 0 Å². The molecule has 1 aromatic carbocycles. The lowest BCUT2D eigenvalue weighted by Crippen LogP contribution is -2.35. The molecule has 1 aromatic rings. The van der Waals surface area contributed by atoms with Crippen molar-refractivity contribution in [3.63, 3.8) is 0 Å². The summed E-state index contributed by atoms with van der Waals surface area (Å²) in [4.78, 5) is 12.7. The highest BCUT2D eigenvalue weighted by Gasteiger charge is 2.12. The van der Waals surface area contributed by atoms with E-state index in [9.17, 15) is 4.79 Å². The normalized spacial score (nSPS) is 11.6. The predicted octanol–water partition coefficient (Wildman–Crippen LogP) is 3.55. The Morgan fingerprint density at radius 1 is 1.56 bits per heavy atom. The molecule has 0 saturated heterocycles. The molecule has 1 amide bonds. The van der Waals surface area contributed by atoms with Crippen LogP contribution in [0.1, 0.15) is 19.8 Å². The van der Waals surface area contributed by atoms with Gasteiger partial charge in [0.2, 0.25) is 5.91 Å². The third-order valence-corrected chi connectivity index (χ3v) is 3.58. The Bertz CT molecular complexity index is 402. The number of carbonyl (C=O) groups excluding carboxylic acids is 1. The number of rotatable bonds is 5. The maximum absolute atomic E-state index is 11.7. The molecule has 3 nitrogen and oxygen atoms in total. The van der Waals surface area contributed by atoms with Crippen molar-refractivity contribution in [2.45, 2.75) is 30.7 Å². The molecule has 0 aromatic heterocycles. The fraction of sp³-hybridized carbons (Fsp3) is 0.417. The first kappa shape index (κ1) is 17.6. The Labute approximate surface area is 123 Å². The van der Waals surface area contributed by atoms with Crippen molar-refractivity contribution >= 4 is 47.4 Å². The monoisotopic (exact) mass is 308 g/mol. The van der Waals surface area contributed by atoms with Crippen LogP contribution in [-0.4, -0.2) is 18.2 Å². The Hall–Kier alpha value is -0.420. The number of hydrogen-bond donors (Lipinski definition) is 2. The number of anilines is 1. The molecule has 1 rings (SSSR count). The van der Waals surface area contributed by atoms with Gasteiger partial charge in [0.05, 0.1) is 11.1 Å². The van der Waals surface area contributed by atoms with E-state index in [-0.39, 0.29) is 18.3 Å². The molecule has 102 valence electrons. The van der Waals surface area contributed by atoms with E-state index in [1.807, 2.05) is 25.3 Å². The van der Waals surface area contributed by atoms with Gasteiger partial charge >= 0.3 is 0 Å². The van der Waals surface area contributed by atoms with Crippen LogP contribution < -0.4 is 11.1 Å². The van der Waals surface area contributed by atoms with Crippen LogP contribution >= 0.6 is 35.8 Å². The average Bonchev–Trinajstić information content (AvgIpc) is 2.29. The number of nitrogens with one attached hydrogen (secondary N) is 1. The first-order valence-electron chi connectivity index (χ1n) is 5.48. The van der Waals surface area contributed by atoms with Gasteiger partial charge in [0.15, 0.2) is 0 Å². The molecule has 1 atom stereocenters. The molecule has 3 N–H and O–H groups in total. The van der Waals surface area contributed by atoms with E-state index in [0.717, 1.165) is 11.3 Å². The molecule has 18 heavy (non-hydrogen) atoms. The SMILES string of the molecule is CCCC(N)C(=O)Nc1ccc(SC)c(Cl)c1.Cl. The number of hydrogen-bond acceptors (Lipinski definition) is 3. The maximum atomic E-state index is 11.7. The highest BCUT2D eigenvalue weighted by Crippen LogP contribution is 2.27. The Morgan fingerprint density at radius 2 is 2.22 bits per heavy atom. The molecular formula is C12H18Cl2N2OS. The molecule has 0 aliphatic rings. The quantitative estimate of drug-likeness (QED) is 0.818. The first-order chi connectivity index (χ1) is 8.08. The van der Waals surface area contributed by atoms with Crippen molar-refractivity contribution in [3.05, 3.63) is 23.2 Å².